The second-order valence-electron chi connectivity index (χ2n) is 12.9. The average molecular weight is 616 g/mol. The minimum atomic E-state index is -0.925. The molecule has 4 aromatic rings. The molecule has 4 aliphatic rings. The smallest absolute Gasteiger partial charge is 0.319 e. The molecule has 2 aromatic carbocycles. The fourth-order valence-electron chi connectivity index (χ4n) is 8.06. The molecule has 3 aliphatic heterocycles. The largest absolute Gasteiger partial charge is 0.508 e. The van der Waals surface area contributed by atoms with E-state index in [1.54, 1.807) is 0 Å². The molecule has 3 fully saturated rings. The maximum absolute atomic E-state index is 16.9. The van der Waals surface area contributed by atoms with Crippen LogP contribution in [0.2, 0.25) is 0 Å². The summed E-state index contributed by atoms with van der Waals surface area (Å²) < 4.78 is 59.0. The Hall–Kier alpha value is -4.30. The number of halogens is 3. The van der Waals surface area contributed by atoms with E-state index in [2.05, 4.69) is 20.8 Å². The number of rotatable bonds is 4. The molecule has 8 rings (SSSR count). The first kappa shape index (κ1) is 28.2. The van der Waals surface area contributed by atoms with E-state index in [1.165, 1.54) is 24.3 Å². The van der Waals surface area contributed by atoms with Gasteiger partial charge in [-0.05, 0) is 62.2 Å². The average Bonchev–Trinajstić information content (AvgIpc) is 3.70. The molecule has 0 spiro atoms. The van der Waals surface area contributed by atoms with E-state index in [0.717, 1.165) is 38.6 Å². The fraction of sp³-hybridized carbons (Fsp3) is 0.441. The van der Waals surface area contributed by atoms with Crippen molar-refractivity contribution in [3.05, 3.63) is 41.5 Å². The Kier molecular flexibility index (Phi) is 6.50. The van der Waals surface area contributed by atoms with Crippen molar-refractivity contribution in [3.8, 4) is 41.2 Å². The lowest BCUT2D eigenvalue weighted by Gasteiger charge is -2.32. The van der Waals surface area contributed by atoms with Gasteiger partial charge in [0.05, 0.1) is 11.1 Å². The van der Waals surface area contributed by atoms with E-state index >= 15 is 4.39 Å². The van der Waals surface area contributed by atoms with Crippen LogP contribution in [0.25, 0.3) is 32.9 Å². The second-order valence-corrected chi connectivity index (χ2v) is 12.9. The molecule has 8 nitrogen and oxygen atoms in total. The number of alkyl halides is 1. The number of terminal acetylenes is 1. The van der Waals surface area contributed by atoms with Crippen LogP contribution in [0.15, 0.2) is 24.3 Å². The molecular weight excluding hydrogens is 583 g/mol. The predicted molar refractivity (Wildman–Crippen MR) is 163 cm³/mol. The summed E-state index contributed by atoms with van der Waals surface area (Å²) in [6.07, 6.45) is 9.53. The van der Waals surface area contributed by atoms with Crippen LogP contribution in [0.5, 0.6) is 17.6 Å². The molecule has 1 saturated carbocycles. The number of anilines is 1. The SMILES string of the molecule is C#Cc1c(F)ccc2cc(O)cc(-c3nc4c5c(nc(OC[C@@]67CCCN6C[C@H](F)C7)nc5c3F)N(C)CC3CCCC3O4)c12. The summed E-state index contributed by atoms with van der Waals surface area (Å²) in [5.41, 5.74) is -0.676. The van der Waals surface area contributed by atoms with Gasteiger partial charge in [-0.15, -0.1) is 6.42 Å². The molecule has 11 heteroatoms. The number of aromatic nitrogens is 3. The van der Waals surface area contributed by atoms with Gasteiger partial charge in [0.1, 0.15) is 52.9 Å². The summed E-state index contributed by atoms with van der Waals surface area (Å²) in [7, 11) is 1.90. The Bertz CT molecular complexity index is 1910. The van der Waals surface area contributed by atoms with E-state index in [0.29, 0.717) is 36.1 Å². The first-order valence-corrected chi connectivity index (χ1v) is 15.5. The topological polar surface area (TPSA) is 83.8 Å². The molecular formula is C34H32F3N5O3. The van der Waals surface area contributed by atoms with Gasteiger partial charge in [0.2, 0.25) is 5.88 Å². The minimum Gasteiger partial charge on any atom is -0.508 e. The van der Waals surface area contributed by atoms with Gasteiger partial charge >= 0.3 is 6.01 Å². The van der Waals surface area contributed by atoms with Gasteiger partial charge < -0.3 is 19.5 Å². The van der Waals surface area contributed by atoms with Gasteiger partial charge in [0.15, 0.2) is 5.82 Å². The van der Waals surface area contributed by atoms with E-state index in [-0.39, 0.29) is 64.0 Å². The maximum Gasteiger partial charge on any atom is 0.319 e. The molecule has 2 aromatic heterocycles. The van der Waals surface area contributed by atoms with Gasteiger partial charge in [0, 0.05) is 43.4 Å². The summed E-state index contributed by atoms with van der Waals surface area (Å²) in [6, 6.07) is 5.42. The number of phenols is 1. The van der Waals surface area contributed by atoms with E-state index in [1.807, 2.05) is 11.9 Å². The monoisotopic (exact) mass is 615 g/mol. The number of hydrogen-bond donors (Lipinski definition) is 1. The molecule has 0 amide bonds. The normalized spacial score (nSPS) is 25.9. The van der Waals surface area contributed by atoms with Gasteiger partial charge in [-0.25, -0.2) is 18.2 Å². The number of fused-ring (bicyclic) bond motifs is 3. The van der Waals surface area contributed by atoms with Gasteiger partial charge in [-0.3, -0.25) is 4.90 Å². The molecule has 0 bridgehead atoms. The quantitative estimate of drug-likeness (QED) is 0.290. The minimum absolute atomic E-state index is 0.0328. The summed E-state index contributed by atoms with van der Waals surface area (Å²) in [4.78, 5) is 18.1. The third-order valence-corrected chi connectivity index (χ3v) is 10.1. The first-order valence-electron chi connectivity index (χ1n) is 15.5. The Labute approximate surface area is 258 Å². The zero-order valence-electron chi connectivity index (χ0n) is 24.8. The Morgan fingerprint density at radius 2 is 2.00 bits per heavy atom. The lowest BCUT2D eigenvalue weighted by Crippen LogP contribution is -2.43. The Balaban J connectivity index is 1.34. The number of pyridine rings is 1. The maximum atomic E-state index is 16.9. The van der Waals surface area contributed by atoms with Gasteiger partial charge in [-0.1, -0.05) is 12.0 Å². The van der Waals surface area contributed by atoms with Gasteiger partial charge in [0.25, 0.3) is 0 Å². The zero-order chi connectivity index (χ0) is 31.0. The van der Waals surface area contributed by atoms with Crippen LogP contribution in [0, 0.1) is 29.9 Å². The highest BCUT2D eigenvalue weighted by Crippen LogP contribution is 2.45. The molecule has 0 radical (unpaired) electrons. The number of aromatic hydroxyl groups is 1. The van der Waals surface area contributed by atoms with Crippen molar-refractivity contribution < 1.29 is 27.8 Å². The molecule has 5 heterocycles. The van der Waals surface area contributed by atoms with Crippen LogP contribution < -0.4 is 14.4 Å². The summed E-state index contributed by atoms with van der Waals surface area (Å²) >= 11 is 0. The van der Waals surface area contributed by atoms with Crippen molar-refractivity contribution in [2.45, 2.75) is 56.3 Å². The second kappa shape index (κ2) is 10.4. The van der Waals surface area contributed by atoms with Crippen molar-refractivity contribution in [2.75, 3.05) is 38.2 Å². The Morgan fingerprint density at radius 3 is 2.84 bits per heavy atom. The molecule has 1 N–H and O–H groups in total. The van der Waals surface area contributed by atoms with Crippen LogP contribution in [-0.2, 0) is 0 Å². The number of nitrogens with zero attached hydrogens (tertiary/aromatic N) is 5. The third-order valence-electron chi connectivity index (χ3n) is 10.1. The van der Waals surface area contributed by atoms with Crippen molar-refractivity contribution >= 4 is 27.5 Å². The lowest BCUT2D eigenvalue weighted by molar-refractivity contribution is 0.107. The first-order chi connectivity index (χ1) is 21.7. The van der Waals surface area contributed by atoms with Crippen LogP contribution in [0.4, 0.5) is 19.0 Å². The summed E-state index contributed by atoms with van der Waals surface area (Å²) in [6.45, 7) is 2.00. The highest BCUT2D eigenvalue weighted by atomic mass is 19.1. The van der Waals surface area contributed by atoms with Crippen molar-refractivity contribution in [1.29, 1.82) is 0 Å². The number of hydrogen-bond acceptors (Lipinski definition) is 8. The van der Waals surface area contributed by atoms with Crippen molar-refractivity contribution in [3.63, 3.8) is 0 Å². The third kappa shape index (κ3) is 4.44. The number of ether oxygens (including phenoxy) is 2. The van der Waals surface area contributed by atoms with E-state index in [9.17, 15) is 13.9 Å². The lowest BCUT2D eigenvalue weighted by atomic mass is 9.95. The van der Waals surface area contributed by atoms with Crippen LogP contribution in [0.1, 0.15) is 44.1 Å². The summed E-state index contributed by atoms with van der Waals surface area (Å²) in [5, 5.41) is 11.6. The van der Waals surface area contributed by atoms with Crippen LogP contribution in [0.3, 0.4) is 0 Å². The fourth-order valence-corrected chi connectivity index (χ4v) is 8.06. The number of benzene rings is 2. The Morgan fingerprint density at radius 1 is 1.13 bits per heavy atom. The molecule has 2 saturated heterocycles. The van der Waals surface area contributed by atoms with E-state index < -0.39 is 23.3 Å². The zero-order valence-corrected chi connectivity index (χ0v) is 24.8. The standard InChI is InChI=1S/C34H32F3N5O3/c1-3-22-24(36)9-8-18-12-21(43)13-23(26(18)22)29-28(37)30-27-31(41(2)15-19-6-4-7-25(19)45-32(27)38-29)40-33(39-30)44-17-34-10-5-11-42(34)16-20(35)14-34/h1,8-9,12-13,19-20,25,43H,4-7,10-11,14-17H2,2H3/t19?,20-,25?,34+/m1/s1. The van der Waals surface area contributed by atoms with Gasteiger partial charge in [-0.2, -0.15) is 9.97 Å². The number of phenolic OH excluding ortho intramolecular Hbond substituents is 1. The van der Waals surface area contributed by atoms with E-state index in [4.69, 9.17) is 20.9 Å². The molecule has 2 unspecified atom stereocenters. The molecule has 4 atom stereocenters. The highest BCUT2D eigenvalue weighted by Gasteiger charge is 2.49. The van der Waals surface area contributed by atoms with Crippen molar-refractivity contribution in [1.82, 2.24) is 19.9 Å². The molecule has 232 valence electrons. The summed E-state index contributed by atoms with van der Waals surface area (Å²) in [5.74, 6) is 1.52. The molecule has 1 aliphatic carbocycles. The molecule has 45 heavy (non-hydrogen) atoms. The predicted octanol–water partition coefficient (Wildman–Crippen LogP) is 5.76. The van der Waals surface area contributed by atoms with Crippen molar-refractivity contribution in [2.24, 2.45) is 5.92 Å². The highest BCUT2D eigenvalue weighted by molar-refractivity contribution is 6.04. The van der Waals surface area contributed by atoms with Crippen LogP contribution >= 0.6 is 0 Å². The van der Waals surface area contributed by atoms with Crippen LogP contribution in [-0.4, -0.2) is 76.1 Å².